The molecule has 0 aromatic heterocycles. The van der Waals surface area contributed by atoms with E-state index < -0.39 is 52.9 Å². The van der Waals surface area contributed by atoms with Crippen LogP contribution in [0.1, 0.15) is 76.8 Å². The van der Waals surface area contributed by atoms with E-state index in [4.69, 9.17) is 28.4 Å². The fourth-order valence-electron chi connectivity index (χ4n) is 8.58. The monoisotopic (exact) mass is 1030 g/mol. The number of carboxylic acid groups (broad SMARTS) is 1. The molecule has 0 spiro atoms. The van der Waals surface area contributed by atoms with Gasteiger partial charge < -0.3 is 38.4 Å². The molecule has 22 heteroatoms. The van der Waals surface area contributed by atoms with Gasteiger partial charge in [-0.1, -0.05) is 18.2 Å². The molecule has 4 rings (SSSR count). The molecule has 4 N–H and O–H groups in total. The first-order chi connectivity index (χ1) is 32.7. The van der Waals surface area contributed by atoms with Crippen molar-refractivity contribution in [3.05, 3.63) is 83.6 Å². The Balaban J connectivity index is 1.56. The van der Waals surface area contributed by atoms with E-state index in [-0.39, 0.29) is 42.3 Å². The number of methoxy groups -OCH3 is 1. The molecule has 2 aliphatic rings. The first-order valence-electron chi connectivity index (χ1n) is 22.9. The molecule has 2 atom stereocenters. The number of fused-ring (bicyclic) bond motifs is 2. The van der Waals surface area contributed by atoms with E-state index >= 15 is 0 Å². The van der Waals surface area contributed by atoms with Crippen molar-refractivity contribution in [3.63, 3.8) is 0 Å². The van der Waals surface area contributed by atoms with Crippen molar-refractivity contribution in [3.8, 4) is 0 Å². The molecule has 0 saturated carbocycles. The summed E-state index contributed by atoms with van der Waals surface area (Å²) < 4.78 is 137. The molecule has 19 nitrogen and oxygen atoms in total. The van der Waals surface area contributed by atoms with Gasteiger partial charge in [0.25, 0.3) is 30.4 Å². The maximum absolute atomic E-state index is 12.4. The predicted octanol–water partition coefficient (Wildman–Crippen LogP) is 5.76. The van der Waals surface area contributed by atoms with Crippen molar-refractivity contribution in [2.24, 2.45) is 0 Å². The number of allylic oxidation sites excluding steroid dienone is 6. The van der Waals surface area contributed by atoms with Crippen LogP contribution in [0, 0.1) is 0 Å². The van der Waals surface area contributed by atoms with Crippen molar-refractivity contribution in [2.45, 2.75) is 86.3 Å². The number of rotatable bonds is 34. The number of ether oxygens (including phenoxy) is 6. The molecule has 69 heavy (non-hydrogen) atoms. The highest BCUT2D eigenvalue weighted by atomic mass is 32.2. The number of hydrogen-bond acceptors (Lipinski definition) is 14. The number of likely N-dealkylation sites (N-methyl/N-ethyl adjacent to an activating group) is 1. The van der Waals surface area contributed by atoms with Gasteiger partial charge in [-0.25, -0.2) is 0 Å². The van der Waals surface area contributed by atoms with E-state index in [1.807, 2.05) is 43.9 Å². The molecule has 2 heterocycles. The lowest BCUT2D eigenvalue weighted by atomic mass is 9.76. The number of unbranched alkanes of at least 4 members (excludes halogenated alkanes) is 2. The Morgan fingerprint density at radius 2 is 1.22 bits per heavy atom. The van der Waals surface area contributed by atoms with Crippen LogP contribution in [0.4, 0.5) is 11.4 Å². The zero-order valence-corrected chi connectivity index (χ0v) is 42.4. The van der Waals surface area contributed by atoms with E-state index in [1.165, 1.54) is 24.3 Å². The number of aliphatic carboxylic acids is 1. The molecule has 2 aliphatic heterocycles. The van der Waals surface area contributed by atoms with Gasteiger partial charge in [0.15, 0.2) is 5.71 Å². The van der Waals surface area contributed by atoms with E-state index in [2.05, 4.69) is 4.58 Å². The van der Waals surface area contributed by atoms with Gasteiger partial charge in [0, 0.05) is 67.6 Å². The average molecular weight is 1030 g/mol. The molecular formula is C47H69N2O17S3+. The summed E-state index contributed by atoms with van der Waals surface area (Å²) >= 11 is 0. The fourth-order valence-corrected chi connectivity index (χ4v) is 10.1. The van der Waals surface area contributed by atoms with Gasteiger partial charge in [-0.05, 0) is 94.8 Å². The minimum absolute atomic E-state index is 0.0279. The SMILES string of the molecule is CCN1/C(=C/C=C/C=C/C2=[N+](CCCCCC(=O)O)c3ccc(S(=O)(=O)O)cc3C2(C)CCOCCOCCOCCOCCOCCOC)C(C)(CCCS(=O)(=O)O)c2cc(S(=O)(=O)O)ccc21. The Morgan fingerprint density at radius 1 is 0.667 bits per heavy atom. The van der Waals surface area contributed by atoms with Gasteiger partial charge in [0.05, 0.1) is 87.0 Å². The fraction of sp³-hybridized carbons (Fsp3) is 0.574. The molecule has 0 amide bonds. The van der Waals surface area contributed by atoms with E-state index in [0.717, 1.165) is 17.1 Å². The molecule has 0 radical (unpaired) electrons. The van der Waals surface area contributed by atoms with Gasteiger partial charge >= 0.3 is 5.97 Å². The van der Waals surface area contributed by atoms with Crippen LogP contribution in [0.15, 0.2) is 82.3 Å². The number of carboxylic acids is 1. The van der Waals surface area contributed by atoms with Gasteiger partial charge in [0.1, 0.15) is 6.54 Å². The van der Waals surface area contributed by atoms with Crippen molar-refractivity contribution in [1.29, 1.82) is 0 Å². The van der Waals surface area contributed by atoms with Crippen LogP contribution in [0.2, 0.25) is 0 Å². The first-order valence-corrected chi connectivity index (χ1v) is 27.4. The standard InChI is InChI=1S/C47H68N2O17S3/c1-5-48-41-18-16-37(68(55,56)57)35-39(41)46(2,20-12-34-67(52,53)54)43(48)13-8-6-9-14-44-47(3,21-23-62-26-27-64-30-31-66-33-32-65-29-28-63-25-24-61-4)40-36-38(69(58,59)60)17-19-42(40)49(44)22-11-7-10-15-45(50)51/h6,8-9,13-14,16-19,35-36H,5,7,10-12,15,20-34H2,1-4H3,(H3-,50,51,52,53,54,55,56,57,58,59,60)/p+1. The smallest absolute Gasteiger partial charge is 0.303 e. The van der Waals surface area contributed by atoms with Crippen molar-refractivity contribution >= 4 is 53.4 Å². The number of hydrogen-bond donors (Lipinski definition) is 4. The molecule has 0 aliphatic carbocycles. The minimum Gasteiger partial charge on any atom is -0.481 e. The Kier molecular flexibility index (Phi) is 22.6. The third kappa shape index (κ3) is 17.1. The van der Waals surface area contributed by atoms with Gasteiger partial charge in [-0.15, -0.1) is 0 Å². The van der Waals surface area contributed by atoms with Crippen LogP contribution in [-0.4, -0.2) is 159 Å². The predicted molar refractivity (Wildman–Crippen MR) is 259 cm³/mol. The third-order valence-electron chi connectivity index (χ3n) is 12.1. The number of nitrogens with zero attached hydrogens (tertiary/aromatic N) is 2. The van der Waals surface area contributed by atoms with E-state index in [0.29, 0.717) is 115 Å². The molecule has 0 bridgehead atoms. The largest absolute Gasteiger partial charge is 0.481 e. The van der Waals surface area contributed by atoms with Crippen LogP contribution < -0.4 is 4.90 Å². The van der Waals surface area contributed by atoms with Crippen molar-refractivity contribution in [2.75, 3.05) is 104 Å². The minimum atomic E-state index is -4.57. The van der Waals surface area contributed by atoms with Crippen LogP contribution in [0.5, 0.6) is 0 Å². The van der Waals surface area contributed by atoms with E-state index in [1.54, 1.807) is 31.4 Å². The topological polar surface area (TPSA) is 262 Å². The number of carbonyl (C=O) groups is 1. The summed E-state index contributed by atoms with van der Waals surface area (Å²) in [5.41, 5.74) is 2.40. The van der Waals surface area contributed by atoms with Gasteiger partial charge in [-0.3, -0.25) is 18.5 Å². The molecule has 0 fully saturated rings. The highest BCUT2D eigenvalue weighted by Gasteiger charge is 2.48. The Bertz CT molecular complexity index is 2490. The summed E-state index contributed by atoms with van der Waals surface area (Å²) in [6.07, 6.45) is 11.6. The second-order valence-electron chi connectivity index (χ2n) is 16.9. The maximum Gasteiger partial charge on any atom is 0.303 e. The maximum atomic E-state index is 12.4. The summed E-state index contributed by atoms with van der Waals surface area (Å²) in [6.45, 7) is 11.1. The number of benzene rings is 2. The normalized spacial score (nSPS) is 19.2. The lowest BCUT2D eigenvalue weighted by Crippen LogP contribution is -2.33. The molecule has 0 saturated heterocycles. The Hall–Kier alpha value is -3.91. The Morgan fingerprint density at radius 3 is 1.75 bits per heavy atom. The molecule has 386 valence electrons. The summed E-state index contributed by atoms with van der Waals surface area (Å²) in [7, 11) is -11.8. The lowest BCUT2D eigenvalue weighted by molar-refractivity contribution is -0.438. The first kappa shape index (κ1) is 57.7. The summed E-state index contributed by atoms with van der Waals surface area (Å²) in [6, 6.07) is 8.78. The van der Waals surface area contributed by atoms with Crippen LogP contribution in [-0.2, 0) is 74.4 Å². The molecule has 2 unspecified atom stereocenters. The summed E-state index contributed by atoms with van der Waals surface area (Å²) in [5, 5.41) is 9.22. The van der Waals surface area contributed by atoms with Crippen LogP contribution in [0.3, 0.4) is 0 Å². The van der Waals surface area contributed by atoms with Gasteiger partial charge in [0.2, 0.25) is 5.69 Å². The summed E-state index contributed by atoms with van der Waals surface area (Å²) in [4.78, 5) is 12.6. The quantitative estimate of drug-likeness (QED) is 0.0281. The highest BCUT2D eigenvalue weighted by Crippen LogP contribution is 2.51. The van der Waals surface area contributed by atoms with Crippen molar-refractivity contribution < 1.29 is 81.8 Å². The average Bonchev–Trinajstić information content (AvgIpc) is 3.65. The zero-order chi connectivity index (χ0) is 50.7. The lowest BCUT2D eigenvalue weighted by Gasteiger charge is -2.30. The number of anilines is 1. The van der Waals surface area contributed by atoms with Crippen LogP contribution >= 0.6 is 0 Å². The Labute approximate surface area is 407 Å². The highest BCUT2D eigenvalue weighted by molar-refractivity contribution is 7.86. The molecule has 2 aromatic rings. The zero-order valence-electron chi connectivity index (χ0n) is 39.9. The van der Waals surface area contributed by atoms with Crippen molar-refractivity contribution in [1.82, 2.24) is 0 Å². The van der Waals surface area contributed by atoms with E-state index in [9.17, 15) is 48.8 Å². The second kappa shape index (κ2) is 27.1. The second-order valence-corrected chi connectivity index (χ2v) is 21.4. The summed E-state index contributed by atoms with van der Waals surface area (Å²) in [5.74, 6) is -1.39. The molecule has 2 aromatic carbocycles. The van der Waals surface area contributed by atoms with Crippen LogP contribution in [0.25, 0.3) is 0 Å². The third-order valence-corrected chi connectivity index (χ3v) is 14.6. The molecular weight excluding hydrogens is 961 g/mol. The van der Waals surface area contributed by atoms with Gasteiger partial charge in [-0.2, -0.15) is 29.8 Å².